The first-order valence-electron chi connectivity index (χ1n) is 10.7. The molecular weight excluding hydrogens is 396 g/mol. The van der Waals surface area contributed by atoms with Crippen LogP contribution in [-0.4, -0.2) is 44.4 Å². The quantitative estimate of drug-likeness (QED) is 0.560. The number of furan rings is 1. The first-order valence-corrected chi connectivity index (χ1v) is 11.7. The van der Waals surface area contributed by atoms with Crippen molar-refractivity contribution in [2.45, 2.75) is 37.3 Å². The van der Waals surface area contributed by atoms with Crippen LogP contribution < -0.4 is 0 Å². The Kier molecular flexibility index (Phi) is 5.62. The predicted molar refractivity (Wildman–Crippen MR) is 116 cm³/mol. The summed E-state index contributed by atoms with van der Waals surface area (Å²) in [7, 11) is 0. The molecule has 1 amide bonds. The van der Waals surface area contributed by atoms with E-state index in [1.54, 1.807) is 6.26 Å². The number of rotatable bonds is 5. The number of carbonyl (C=O) groups is 1. The maximum Gasteiger partial charge on any atom is 0.233 e. The molecule has 1 saturated heterocycles. The molecule has 1 aliphatic carbocycles. The molecule has 6 nitrogen and oxygen atoms in total. The van der Waals surface area contributed by atoms with Gasteiger partial charge in [-0.05, 0) is 48.9 Å². The summed E-state index contributed by atoms with van der Waals surface area (Å²) in [4.78, 5) is 15.0. The number of likely N-dealkylation sites (tertiary alicyclic amines) is 1. The van der Waals surface area contributed by atoms with E-state index in [0.717, 1.165) is 31.1 Å². The molecule has 3 aromatic rings. The third-order valence-corrected chi connectivity index (χ3v) is 7.27. The van der Waals surface area contributed by atoms with E-state index in [4.69, 9.17) is 4.42 Å². The Balaban J connectivity index is 1.32. The molecule has 2 aromatic heterocycles. The average Bonchev–Trinajstić information content (AvgIpc) is 3.47. The normalized spacial score (nSPS) is 21.4. The smallest absolute Gasteiger partial charge is 0.233 e. The van der Waals surface area contributed by atoms with E-state index >= 15 is 0 Å². The Hall–Kier alpha value is -2.54. The minimum atomic E-state index is 0.200. The van der Waals surface area contributed by atoms with Crippen molar-refractivity contribution >= 4 is 17.7 Å². The monoisotopic (exact) mass is 422 g/mol. The minimum absolute atomic E-state index is 0.200. The van der Waals surface area contributed by atoms with Crippen LogP contribution >= 0.6 is 11.8 Å². The lowest BCUT2D eigenvalue weighted by Crippen LogP contribution is -2.45. The highest BCUT2D eigenvalue weighted by atomic mass is 32.2. The number of hydrogen-bond acceptors (Lipinski definition) is 5. The van der Waals surface area contributed by atoms with Gasteiger partial charge >= 0.3 is 0 Å². The number of hydrogen-bond donors (Lipinski definition) is 0. The van der Waals surface area contributed by atoms with Gasteiger partial charge in [0, 0.05) is 18.8 Å². The maximum absolute atomic E-state index is 13.0. The number of aromatic nitrogens is 3. The van der Waals surface area contributed by atoms with Crippen molar-refractivity contribution in [3.63, 3.8) is 0 Å². The highest BCUT2D eigenvalue weighted by Gasteiger charge is 2.33. The lowest BCUT2D eigenvalue weighted by molar-refractivity contribution is -0.131. The third-order valence-electron chi connectivity index (χ3n) is 6.36. The van der Waals surface area contributed by atoms with E-state index in [0.29, 0.717) is 28.4 Å². The van der Waals surface area contributed by atoms with Gasteiger partial charge < -0.3 is 9.32 Å². The number of thioether (sulfide) groups is 1. The zero-order valence-corrected chi connectivity index (χ0v) is 17.8. The van der Waals surface area contributed by atoms with Crippen LogP contribution in [0.1, 0.15) is 32.1 Å². The van der Waals surface area contributed by atoms with Crippen molar-refractivity contribution < 1.29 is 9.21 Å². The van der Waals surface area contributed by atoms with Gasteiger partial charge in [-0.3, -0.25) is 9.36 Å². The summed E-state index contributed by atoms with van der Waals surface area (Å²) in [5.41, 5.74) is 0.951. The zero-order chi connectivity index (χ0) is 20.3. The Labute approximate surface area is 180 Å². The van der Waals surface area contributed by atoms with Gasteiger partial charge in [0.25, 0.3) is 0 Å². The molecule has 2 aliphatic rings. The summed E-state index contributed by atoms with van der Waals surface area (Å²) in [6, 6.07) is 13.7. The first-order chi connectivity index (χ1) is 14.8. The molecule has 1 aliphatic heterocycles. The van der Waals surface area contributed by atoms with Gasteiger partial charge in [-0.2, -0.15) is 0 Å². The van der Waals surface area contributed by atoms with Crippen molar-refractivity contribution in [1.29, 1.82) is 0 Å². The van der Waals surface area contributed by atoms with Crippen LogP contribution in [0.3, 0.4) is 0 Å². The second kappa shape index (κ2) is 8.68. The number of carbonyl (C=O) groups excluding carboxylic acids is 1. The standard InChI is InChI=1S/C23H26N4O2S/c28-21(26-13-12-17-7-4-5-8-18(17)15-26)16-30-23-25-24-22(20-11-6-14-29-20)27(23)19-9-2-1-3-10-19/h1-3,6,9-11,14,17-18H,4-5,7-8,12-13,15-16H2/t17-,18-/m0/s1. The SMILES string of the molecule is O=C(CSc1nnc(-c2ccco2)n1-c1ccccc1)N1CC[C@@H]2CCCC[C@H]2C1. The molecule has 0 spiro atoms. The zero-order valence-electron chi connectivity index (χ0n) is 16.9. The molecule has 2 atom stereocenters. The molecule has 0 bridgehead atoms. The van der Waals surface area contributed by atoms with Gasteiger partial charge in [0.1, 0.15) is 0 Å². The van der Waals surface area contributed by atoms with Crippen molar-refractivity contribution in [1.82, 2.24) is 19.7 Å². The molecule has 2 fully saturated rings. The molecule has 1 aromatic carbocycles. The predicted octanol–water partition coefficient (Wildman–Crippen LogP) is 4.66. The third kappa shape index (κ3) is 3.90. The second-order valence-corrected chi connectivity index (χ2v) is 9.12. The molecule has 5 rings (SSSR count). The fourth-order valence-electron chi connectivity index (χ4n) is 4.78. The second-order valence-electron chi connectivity index (χ2n) is 8.18. The first kappa shape index (κ1) is 19.4. The Morgan fingerprint density at radius 2 is 1.87 bits per heavy atom. The van der Waals surface area contributed by atoms with Crippen LogP contribution in [0.4, 0.5) is 0 Å². The summed E-state index contributed by atoms with van der Waals surface area (Å²) >= 11 is 1.45. The van der Waals surface area contributed by atoms with Gasteiger partial charge in [-0.1, -0.05) is 49.2 Å². The van der Waals surface area contributed by atoms with Gasteiger partial charge in [0.2, 0.25) is 11.7 Å². The van der Waals surface area contributed by atoms with E-state index in [1.807, 2.05) is 47.0 Å². The highest BCUT2D eigenvalue weighted by Crippen LogP contribution is 2.36. The topological polar surface area (TPSA) is 64.2 Å². The molecule has 30 heavy (non-hydrogen) atoms. The molecule has 3 heterocycles. The average molecular weight is 423 g/mol. The lowest BCUT2D eigenvalue weighted by Gasteiger charge is -2.41. The number of amides is 1. The van der Waals surface area contributed by atoms with Crippen LogP contribution in [0, 0.1) is 11.8 Å². The van der Waals surface area contributed by atoms with E-state index < -0.39 is 0 Å². The molecule has 156 valence electrons. The van der Waals surface area contributed by atoms with Crippen molar-refractivity contribution in [3.05, 3.63) is 48.7 Å². The van der Waals surface area contributed by atoms with Crippen LogP contribution in [0.15, 0.2) is 58.3 Å². The molecule has 0 radical (unpaired) electrons. The Bertz CT molecular complexity index is 986. The Morgan fingerprint density at radius 1 is 1.03 bits per heavy atom. The van der Waals surface area contributed by atoms with Crippen molar-refractivity contribution in [3.8, 4) is 17.3 Å². The van der Waals surface area contributed by atoms with Crippen molar-refractivity contribution in [2.75, 3.05) is 18.8 Å². The number of benzene rings is 1. The molecular formula is C23H26N4O2S. The summed E-state index contributed by atoms with van der Waals surface area (Å²) in [5.74, 6) is 3.40. The number of piperidine rings is 1. The fraction of sp³-hybridized carbons (Fsp3) is 0.435. The largest absolute Gasteiger partial charge is 0.461 e. The minimum Gasteiger partial charge on any atom is -0.461 e. The van der Waals surface area contributed by atoms with E-state index in [1.165, 1.54) is 37.4 Å². The lowest BCUT2D eigenvalue weighted by atomic mass is 9.75. The van der Waals surface area contributed by atoms with Crippen LogP contribution in [0.5, 0.6) is 0 Å². The van der Waals surface area contributed by atoms with Crippen molar-refractivity contribution in [2.24, 2.45) is 11.8 Å². The van der Waals surface area contributed by atoms with Gasteiger partial charge in [-0.25, -0.2) is 0 Å². The highest BCUT2D eigenvalue weighted by molar-refractivity contribution is 7.99. The number of nitrogens with zero attached hydrogens (tertiary/aromatic N) is 4. The summed E-state index contributed by atoms with van der Waals surface area (Å²) in [6.45, 7) is 1.82. The van der Waals surface area contributed by atoms with E-state index in [-0.39, 0.29) is 5.91 Å². The van der Waals surface area contributed by atoms with Gasteiger partial charge in [0.15, 0.2) is 10.9 Å². The van der Waals surface area contributed by atoms with Crippen LogP contribution in [0.2, 0.25) is 0 Å². The summed E-state index contributed by atoms with van der Waals surface area (Å²) < 4.78 is 7.52. The molecule has 0 unspecified atom stereocenters. The van der Waals surface area contributed by atoms with Crippen LogP contribution in [0.25, 0.3) is 17.3 Å². The molecule has 0 N–H and O–H groups in total. The van der Waals surface area contributed by atoms with Gasteiger partial charge in [0.05, 0.1) is 12.0 Å². The van der Waals surface area contributed by atoms with E-state index in [9.17, 15) is 4.79 Å². The summed E-state index contributed by atoms with van der Waals surface area (Å²) in [6.07, 6.45) is 8.08. The number of para-hydroxylation sites is 1. The fourth-order valence-corrected chi connectivity index (χ4v) is 5.64. The Morgan fingerprint density at radius 3 is 2.67 bits per heavy atom. The van der Waals surface area contributed by atoms with Crippen LogP contribution in [-0.2, 0) is 4.79 Å². The van der Waals surface area contributed by atoms with E-state index in [2.05, 4.69) is 15.1 Å². The summed E-state index contributed by atoms with van der Waals surface area (Å²) in [5, 5.41) is 9.43. The maximum atomic E-state index is 13.0. The number of fused-ring (bicyclic) bond motifs is 1. The molecule has 7 heteroatoms. The van der Waals surface area contributed by atoms with Gasteiger partial charge in [-0.15, -0.1) is 10.2 Å². The molecule has 1 saturated carbocycles.